The lowest BCUT2D eigenvalue weighted by Gasteiger charge is -2.04. The van der Waals surface area contributed by atoms with Crippen LogP contribution in [-0.4, -0.2) is 26.5 Å². The van der Waals surface area contributed by atoms with Crippen LogP contribution in [0.2, 0.25) is 0 Å². The quantitative estimate of drug-likeness (QED) is 0.643. The third-order valence-corrected chi connectivity index (χ3v) is 2.70. The van der Waals surface area contributed by atoms with Crippen LogP contribution in [0.15, 0.2) is 30.5 Å². The van der Waals surface area contributed by atoms with Gasteiger partial charge < -0.3 is 5.32 Å². The highest BCUT2D eigenvalue weighted by Crippen LogP contribution is 2.15. The topological polar surface area (TPSA) is 85.9 Å². The summed E-state index contributed by atoms with van der Waals surface area (Å²) in [5.74, 6) is 0.571. The van der Waals surface area contributed by atoms with Crippen LogP contribution in [0.3, 0.4) is 0 Å². The van der Waals surface area contributed by atoms with E-state index in [9.17, 15) is 10.1 Å². The minimum Gasteiger partial charge on any atom is -0.311 e. The van der Waals surface area contributed by atoms with Gasteiger partial charge in [-0.2, -0.15) is 0 Å². The van der Waals surface area contributed by atoms with Crippen LogP contribution in [0, 0.1) is 16.0 Å². The minimum atomic E-state index is -0.425. The number of nitro groups is 1. The van der Waals surface area contributed by atoms with Gasteiger partial charge in [-0.25, -0.2) is 4.68 Å². The Kier molecular flexibility index (Phi) is 4.41. The maximum atomic E-state index is 10.7. The second-order valence-electron chi connectivity index (χ2n) is 4.96. The van der Waals surface area contributed by atoms with Crippen molar-refractivity contribution in [2.24, 2.45) is 5.92 Å². The van der Waals surface area contributed by atoms with Gasteiger partial charge in [0.05, 0.1) is 22.5 Å². The zero-order valence-electron chi connectivity index (χ0n) is 11.5. The van der Waals surface area contributed by atoms with Crippen LogP contribution >= 0.6 is 0 Å². The van der Waals surface area contributed by atoms with Gasteiger partial charge in [-0.05, 0) is 18.5 Å². The molecule has 0 amide bonds. The zero-order valence-corrected chi connectivity index (χ0v) is 11.5. The Balaban J connectivity index is 2.08. The molecule has 2 rings (SSSR count). The van der Waals surface area contributed by atoms with Crippen molar-refractivity contribution in [3.63, 3.8) is 0 Å². The van der Waals surface area contributed by atoms with Crippen molar-refractivity contribution in [1.29, 1.82) is 0 Å². The highest BCUT2D eigenvalue weighted by atomic mass is 16.6. The Labute approximate surface area is 116 Å². The molecule has 0 unspecified atom stereocenters. The molecule has 1 aromatic heterocycles. The predicted molar refractivity (Wildman–Crippen MR) is 74.6 cm³/mol. The van der Waals surface area contributed by atoms with E-state index in [0.717, 1.165) is 12.2 Å². The first-order chi connectivity index (χ1) is 9.56. The van der Waals surface area contributed by atoms with Gasteiger partial charge in [-0.1, -0.05) is 25.1 Å². The monoisotopic (exact) mass is 275 g/mol. The smallest absolute Gasteiger partial charge is 0.271 e. The largest absolute Gasteiger partial charge is 0.311 e. The molecule has 0 aliphatic rings. The van der Waals surface area contributed by atoms with E-state index in [4.69, 9.17) is 0 Å². The summed E-state index contributed by atoms with van der Waals surface area (Å²) >= 11 is 0. The summed E-state index contributed by atoms with van der Waals surface area (Å²) in [4.78, 5) is 10.3. The van der Waals surface area contributed by atoms with Crippen LogP contribution in [0.4, 0.5) is 5.69 Å². The fourth-order valence-electron chi connectivity index (χ4n) is 1.74. The maximum absolute atomic E-state index is 10.7. The van der Waals surface area contributed by atoms with E-state index in [1.165, 1.54) is 12.1 Å². The number of nitrogens with one attached hydrogen (secondary N) is 1. The van der Waals surface area contributed by atoms with Crippen molar-refractivity contribution in [2.45, 2.75) is 20.4 Å². The van der Waals surface area contributed by atoms with Crippen molar-refractivity contribution >= 4 is 5.69 Å². The van der Waals surface area contributed by atoms with Crippen LogP contribution in [0.5, 0.6) is 0 Å². The molecule has 7 heteroatoms. The number of aromatic nitrogens is 3. The van der Waals surface area contributed by atoms with E-state index in [2.05, 4.69) is 29.5 Å². The SMILES string of the molecule is CC(C)CNCc1cn(-c2cccc([N+](=O)[O-])c2)nn1. The van der Waals surface area contributed by atoms with E-state index in [1.54, 1.807) is 23.0 Å². The Morgan fingerprint density at radius 1 is 1.45 bits per heavy atom. The molecule has 0 bridgehead atoms. The van der Waals surface area contributed by atoms with Crippen LogP contribution in [0.25, 0.3) is 5.69 Å². The number of nitro benzene ring substituents is 1. The molecular weight excluding hydrogens is 258 g/mol. The summed E-state index contributed by atoms with van der Waals surface area (Å²) < 4.78 is 1.54. The van der Waals surface area contributed by atoms with Gasteiger partial charge in [0.25, 0.3) is 5.69 Å². The normalized spacial score (nSPS) is 10.9. The first-order valence-electron chi connectivity index (χ1n) is 6.43. The molecule has 0 saturated heterocycles. The number of non-ortho nitro benzene ring substituents is 1. The lowest BCUT2D eigenvalue weighted by atomic mass is 10.2. The van der Waals surface area contributed by atoms with Crippen molar-refractivity contribution < 1.29 is 4.92 Å². The Morgan fingerprint density at radius 3 is 2.95 bits per heavy atom. The molecule has 0 radical (unpaired) electrons. The van der Waals surface area contributed by atoms with E-state index in [1.807, 2.05) is 0 Å². The molecule has 0 fully saturated rings. The van der Waals surface area contributed by atoms with Gasteiger partial charge in [-0.15, -0.1) is 5.10 Å². The molecule has 1 heterocycles. The molecule has 7 nitrogen and oxygen atoms in total. The summed E-state index contributed by atoms with van der Waals surface area (Å²) in [7, 11) is 0. The number of nitrogens with zero attached hydrogens (tertiary/aromatic N) is 4. The Hall–Kier alpha value is -2.28. The first kappa shape index (κ1) is 14.1. The van der Waals surface area contributed by atoms with Gasteiger partial charge in [0, 0.05) is 18.7 Å². The van der Waals surface area contributed by atoms with Gasteiger partial charge in [0.1, 0.15) is 0 Å². The molecule has 0 aliphatic heterocycles. The van der Waals surface area contributed by atoms with Crippen LogP contribution in [0.1, 0.15) is 19.5 Å². The summed E-state index contributed by atoms with van der Waals surface area (Å²) in [5, 5.41) is 22.0. The summed E-state index contributed by atoms with van der Waals surface area (Å²) in [6.45, 7) is 5.80. The molecular formula is C13H17N5O2. The molecule has 0 atom stereocenters. The third kappa shape index (κ3) is 3.61. The average Bonchev–Trinajstić information content (AvgIpc) is 2.87. The Morgan fingerprint density at radius 2 is 2.25 bits per heavy atom. The van der Waals surface area contributed by atoms with E-state index in [-0.39, 0.29) is 5.69 Å². The second kappa shape index (κ2) is 6.25. The number of hydrogen-bond acceptors (Lipinski definition) is 5. The van der Waals surface area contributed by atoms with Gasteiger partial charge in [0.2, 0.25) is 0 Å². The highest BCUT2D eigenvalue weighted by molar-refractivity contribution is 5.42. The van der Waals surface area contributed by atoms with Crippen molar-refractivity contribution in [1.82, 2.24) is 20.3 Å². The number of hydrogen-bond donors (Lipinski definition) is 1. The fraction of sp³-hybridized carbons (Fsp3) is 0.385. The molecule has 0 spiro atoms. The van der Waals surface area contributed by atoms with Crippen molar-refractivity contribution in [3.8, 4) is 5.69 Å². The molecule has 20 heavy (non-hydrogen) atoms. The maximum Gasteiger partial charge on any atom is 0.271 e. The summed E-state index contributed by atoms with van der Waals surface area (Å²) in [5.41, 5.74) is 1.47. The Bertz CT molecular complexity index is 594. The number of rotatable bonds is 6. The molecule has 1 N–H and O–H groups in total. The third-order valence-electron chi connectivity index (χ3n) is 2.70. The zero-order chi connectivity index (χ0) is 14.5. The lowest BCUT2D eigenvalue weighted by Crippen LogP contribution is -2.19. The van der Waals surface area contributed by atoms with Crippen LogP contribution < -0.4 is 5.32 Å². The second-order valence-corrected chi connectivity index (χ2v) is 4.96. The highest BCUT2D eigenvalue weighted by Gasteiger charge is 2.08. The van der Waals surface area contributed by atoms with Gasteiger partial charge >= 0.3 is 0 Å². The van der Waals surface area contributed by atoms with Gasteiger partial charge in [0.15, 0.2) is 0 Å². The molecule has 106 valence electrons. The van der Waals surface area contributed by atoms with Crippen LogP contribution in [-0.2, 0) is 6.54 Å². The molecule has 2 aromatic rings. The minimum absolute atomic E-state index is 0.0393. The summed E-state index contributed by atoms with van der Waals surface area (Å²) in [6.07, 6.45) is 1.77. The van der Waals surface area contributed by atoms with E-state index in [0.29, 0.717) is 18.2 Å². The molecule has 1 aromatic carbocycles. The summed E-state index contributed by atoms with van der Waals surface area (Å²) in [6, 6.07) is 6.31. The van der Waals surface area contributed by atoms with E-state index < -0.39 is 4.92 Å². The lowest BCUT2D eigenvalue weighted by molar-refractivity contribution is -0.384. The molecule has 0 saturated carbocycles. The average molecular weight is 275 g/mol. The molecule has 0 aliphatic carbocycles. The predicted octanol–water partition coefficient (Wildman–Crippen LogP) is 1.92. The standard InChI is InChI=1S/C13H17N5O2/c1-10(2)7-14-8-11-9-17(16-15-11)12-4-3-5-13(6-12)18(19)20/h3-6,9-10,14H,7-8H2,1-2H3. The van der Waals surface area contributed by atoms with Crippen molar-refractivity contribution in [3.05, 3.63) is 46.3 Å². The van der Waals surface area contributed by atoms with E-state index >= 15 is 0 Å². The first-order valence-corrected chi connectivity index (χ1v) is 6.43. The van der Waals surface area contributed by atoms with Crippen molar-refractivity contribution in [2.75, 3.05) is 6.54 Å². The number of benzene rings is 1. The fourth-order valence-corrected chi connectivity index (χ4v) is 1.74. The van der Waals surface area contributed by atoms with Gasteiger partial charge in [-0.3, -0.25) is 10.1 Å².